The number of benzene rings is 1. The van der Waals surface area contributed by atoms with Gasteiger partial charge in [-0.05, 0) is 32.9 Å². The predicted octanol–water partition coefficient (Wildman–Crippen LogP) is 3.06. The molecule has 3 heterocycles. The maximum atomic E-state index is 4.55. The molecule has 1 fully saturated rings. The molecule has 124 valence electrons. The summed E-state index contributed by atoms with van der Waals surface area (Å²) >= 11 is 0. The summed E-state index contributed by atoms with van der Waals surface area (Å²) in [6.07, 6.45) is 1.82. The largest absolute Gasteiger partial charge is 0.368 e. The van der Waals surface area contributed by atoms with Crippen LogP contribution in [0.5, 0.6) is 0 Å². The zero-order valence-corrected chi connectivity index (χ0v) is 14.5. The van der Waals surface area contributed by atoms with Gasteiger partial charge in [0.15, 0.2) is 5.65 Å². The molecule has 4 rings (SSSR count). The van der Waals surface area contributed by atoms with Gasteiger partial charge >= 0.3 is 0 Å². The van der Waals surface area contributed by atoms with Gasteiger partial charge in [0, 0.05) is 49.2 Å². The number of piperazine rings is 1. The van der Waals surface area contributed by atoms with Crippen LogP contribution in [0.2, 0.25) is 0 Å². The fourth-order valence-electron chi connectivity index (χ4n) is 3.51. The van der Waals surface area contributed by atoms with Crippen LogP contribution in [0.1, 0.15) is 18.2 Å². The Labute approximate surface area is 142 Å². The third-order valence-corrected chi connectivity index (χ3v) is 4.79. The van der Waals surface area contributed by atoms with Crippen molar-refractivity contribution in [1.82, 2.24) is 14.6 Å². The fraction of sp³-hybridized carbons (Fsp3) is 0.368. The Morgan fingerprint density at radius 1 is 1.04 bits per heavy atom. The second-order valence-corrected chi connectivity index (χ2v) is 6.68. The summed E-state index contributed by atoms with van der Waals surface area (Å²) in [6.45, 7) is 9.46. The molecule has 0 amide bonds. The van der Waals surface area contributed by atoms with Gasteiger partial charge < -0.3 is 9.80 Å². The number of rotatable bonds is 2. The summed E-state index contributed by atoms with van der Waals surface area (Å²) in [5.41, 5.74) is 4.56. The van der Waals surface area contributed by atoms with E-state index in [2.05, 4.69) is 64.1 Å². The molecule has 0 aliphatic carbocycles. The zero-order valence-electron chi connectivity index (χ0n) is 14.5. The Morgan fingerprint density at radius 3 is 2.58 bits per heavy atom. The fourth-order valence-corrected chi connectivity index (χ4v) is 3.51. The lowest BCUT2D eigenvalue weighted by molar-refractivity contribution is 0.540. The minimum absolute atomic E-state index is 0.411. The van der Waals surface area contributed by atoms with E-state index in [1.807, 2.05) is 23.7 Å². The lowest BCUT2D eigenvalue weighted by atomic mass is 10.1. The van der Waals surface area contributed by atoms with Crippen LogP contribution >= 0.6 is 0 Å². The third kappa shape index (κ3) is 2.60. The maximum absolute atomic E-state index is 4.55. The molecular formula is C19H23N5. The van der Waals surface area contributed by atoms with Crippen LogP contribution < -0.4 is 9.80 Å². The van der Waals surface area contributed by atoms with Crippen LogP contribution in [0.3, 0.4) is 0 Å². The smallest absolute Gasteiger partial charge is 0.157 e. The molecule has 1 aliphatic rings. The van der Waals surface area contributed by atoms with Crippen LogP contribution in [0, 0.1) is 13.8 Å². The summed E-state index contributed by atoms with van der Waals surface area (Å²) in [5.74, 6) is 1.14. The highest BCUT2D eigenvalue weighted by Crippen LogP contribution is 2.25. The minimum atomic E-state index is 0.411. The maximum Gasteiger partial charge on any atom is 0.157 e. The van der Waals surface area contributed by atoms with Crippen molar-refractivity contribution >= 4 is 17.2 Å². The Balaban J connectivity index is 1.60. The molecule has 0 unspecified atom stereocenters. The first-order chi connectivity index (χ1) is 11.6. The van der Waals surface area contributed by atoms with Gasteiger partial charge in [-0.3, -0.25) is 0 Å². The molecule has 1 aromatic carbocycles. The molecule has 0 saturated carbocycles. The molecule has 0 radical (unpaired) electrons. The quantitative estimate of drug-likeness (QED) is 0.727. The van der Waals surface area contributed by atoms with Gasteiger partial charge in [-0.2, -0.15) is 9.61 Å². The van der Waals surface area contributed by atoms with Crippen LogP contribution in [-0.4, -0.2) is 40.3 Å². The molecule has 24 heavy (non-hydrogen) atoms. The normalized spacial score (nSPS) is 18.4. The molecule has 0 bridgehead atoms. The summed E-state index contributed by atoms with van der Waals surface area (Å²) in [4.78, 5) is 9.46. The Bertz CT molecular complexity index is 852. The van der Waals surface area contributed by atoms with Crippen LogP contribution in [-0.2, 0) is 0 Å². The second-order valence-electron chi connectivity index (χ2n) is 6.68. The van der Waals surface area contributed by atoms with Crippen molar-refractivity contribution in [2.45, 2.75) is 26.8 Å². The first-order valence-corrected chi connectivity index (χ1v) is 8.51. The van der Waals surface area contributed by atoms with Gasteiger partial charge in [0.2, 0.25) is 0 Å². The van der Waals surface area contributed by atoms with Crippen molar-refractivity contribution in [3.63, 3.8) is 0 Å². The van der Waals surface area contributed by atoms with E-state index in [0.717, 1.165) is 36.8 Å². The molecule has 0 N–H and O–H groups in total. The summed E-state index contributed by atoms with van der Waals surface area (Å²) < 4.78 is 1.95. The monoisotopic (exact) mass is 321 g/mol. The molecule has 2 aromatic heterocycles. The van der Waals surface area contributed by atoms with Gasteiger partial charge in [-0.25, -0.2) is 4.98 Å². The Morgan fingerprint density at radius 2 is 1.83 bits per heavy atom. The van der Waals surface area contributed by atoms with Crippen molar-refractivity contribution in [1.29, 1.82) is 0 Å². The highest BCUT2D eigenvalue weighted by molar-refractivity contribution is 5.54. The van der Waals surface area contributed by atoms with E-state index >= 15 is 0 Å². The number of aromatic nitrogens is 3. The van der Waals surface area contributed by atoms with Crippen molar-refractivity contribution < 1.29 is 0 Å². The molecule has 5 nitrogen and oxygen atoms in total. The number of fused-ring (bicyclic) bond motifs is 1. The zero-order chi connectivity index (χ0) is 16.7. The summed E-state index contributed by atoms with van der Waals surface area (Å²) in [7, 11) is 0. The van der Waals surface area contributed by atoms with Crippen molar-refractivity contribution in [2.24, 2.45) is 0 Å². The van der Waals surface area contributed by atoms with E-state index in [1.165, 1.54) is 11.3 Å². The second kappa shape index (κ2) is 5.82. The number of nitrogens with zero attached hydrogens (tertiary/aromatic N) is 5. The molecular weight excluding hydrogens is 298 g/mol. The SMILES string of the molecule is Cc1ccc(N2CCN(c3cc(C)nc4ccnn34)[C@H](C)C2)cc1. The number of anilines is 2. The van der Waals surface area contributed by atoms with E-state index in [9.17, 15) is 0 Å². The Hall–Kier alpha value is -2.56. The summed E-state index contributed by atoms with van der Waals surface area (Å²) in [5, 5.41) is 4.46. The average Bonchev–Trinajstić information content (AvgIpc) is 3.03. The van der Waals surface area contributed by atoms with Crippen molar-refractivity contribution in [2.75, 3.05) is 29.4 Å². The van der Waals surface area contributed by atoms with E-state index in [1.54, 1.807) is 0 Å². The molecule has 1 atom stereocenters. The van der Waals surface area contributed by atoms with Crippen LogP contribution in [0.4, 0.5) is 11.5 Å². The number of hydrogen-bond donors (Lipinski definition) is 0. The minimum Gasteiger partial charge on any atom is -0.368 e. The van der Waals surface area contributed by atoms with E-state index in [0.29, 0.717) is 6.04 Å². The molecule has 3 aromatic rings. The topological polar surface area (TPSA) is 36.7 Å². The van der Waals surface area contributed by atoms with Crippen LogP contribution in [0.25, 0.3) is 5.65 Å². The standard InChI is InChI=1S/C19H23N5/c1-14-4-6-17(7-5-14)22-10-11-23(16(3)13-22)19-12-15(2)21-18-8-9-20-24(18)19/h4-9,12,16H,10-11,13H2,1-3H3/t16-/m1/s1. The number of hydrogen-bond acceptors (Lipinski definition) is 4. The predicted molar refractivity (Wildman–Crippen MR) is 97.9 cm³/mol. The van der Waals surface area contributed by atoms with E-state index < -0.39 is 0 Å². The molecule has 1 saturated heterocycles. The third-order valence-electron chi connectivity index (χ3n) is 4.79. The molecule has 0 spiro atoms. The molecule has 1 aliphatic heterocycles. The van der Waals surface area contributed by atoms with Gasteiger partial charge in [0.25, 0.3) is 0 Å². The first kappa shape index (κ1) is 15.0. The van der Waals surface area contributed by atoms with Crippen molar-refractivity contribution in [3.05, 3.63) is 53.9 Å². The van der Waals surface area contributed by atoms with Gasteiger partial charge in [0.05, 0.1) is 6.20 Å². The lowest BCUT2D eigenvalue weighted by Gasteiger charge is -2.42. The van der Waals surface area contributed by atoms with E-state index in [4.69, 9.17) is 0 Å². The lowest BCUT2D eigenvalue weighted by Crippen LogP contribution is -2.52. The van der Waals surface area contributed by atoms with Gasteiger partial charge in [-0.15, -0.1) is 0 Å². The summed E-state index contributed by atoms with van der Waals surface area (Å²) in [6, 6.07) is 13.3. The average molecular weight is 321 g/mol. The van der Waals surface area contributed by atoms with E-state index in [-0.39, 0.29) is 0 Å². The highest BCUT2D eigenvalue weighted by Gasteiger charge is 2.26. The number of aryl methyl sites for hydroxylation is 2. The van der Waals surface area contributed by atoms with Gasteiger partial charge in [0.1, 0.15) is 5.82 Å². The molecule has 5 heteroatoms. The first-order valence-electron chi connectivity index (χ1n) is 8.51. The van der Waals surface area contributed by atoms with Crippen LogP contribution in [0.15, 0.2) is 42.6 Å². The highest BCUT2D eigenvalue weighted by atomic mass is 15.4. The van der Waals surface area contributed by atoms with Crippen molar-refractivity contribution in [3.8, 4) is 0 Å². The Kier molecular flexibility index (Phi) is 3.63. The van der Waals surface area contributed by atoms with Gasteiger partial charge in [-0.1, -0.05) is 17.7 Å².